The molecule has 7 heteroatoms. The first-order valence-electron chi connectivity index (χ1n) is 10.1. The third-order valence-electron chi connectivity index (χ3n) is 4.61. The van der Waals surface area contributed by atoms with E-state index < -0.39 is 0 Å². The maximum absolute atomic E-state index is 12.4. The fraction of sp³-hybridized carbons (Fsp3) is 0.304. The van der Waals surface area contributed by atoms with Crippen molar-refractivity contribution in [2.45, 2.75) is 39.2 Å². The van der Waals surface area contributed by atoms with E-state index in [4.69, 9.17) is 4.74 Å². The Balaban J connectivity index is 1.60. The smallest absolute Gasteiger partial charge is 0.273 e. The zero-order chi connectivity index (χ0) is 21.3. The van der Waals surface area contributed by atoms with E-state index in [2.05, 4.69) is 20.5 Å². The van der Waals surface area contributed by atoms with Crippen molar-refractivity contribution in [2.24, 2.45) is 0 Å². The summed E-state index contributed by atoms with van der Waals surface area (Å²) in [5.41, 5.74) is 1.63. The average Bonchev–Trinajstić information content (AvgIpc) is 2.77. The van der Waals surface area contributed by atoms with Gasteiger partial charge in [-0.15, -0.1) is 10.2 Å². The normalized spacial score (nSPS) is 11.7. The standard InChI is InChI=1S/C23H26N4O3/c1-3-14-30-19-11-7-10-18(15-19)22-25-23(29)20(26-27-22)12-13-21(28)24-16(2)17-8-5-4-6-9-17/h4-11,15-16H,3,12-14H2,1-2H3,(H,24,28)(H,25,27,29). The van der Waals surface area contributed by atoms with Crippen molar-refractivity contribution in [3.63, 3.8) is 0 Å². The number of nitrogens with one attached hydrogen (secondary N) is 2. The van der Waals surface area contributed by atoms with E-state index in [1.807, 2.05) is 68.4 Å². The Morgan fingerprint density at radius 3 is 2.67 bits per heavy atom. The maximum atomic E-state index is 12.4. The van der Waals surface area contributed by atoms with E-state index >= 15 is 0 Å². The van der Waals surface area contributed by atoms with E-state index in [0.717, 1.165) is 12.0 Å². The van der Waals surface area contributed by atoms with Gasteiger partial charge >= 0.3 is 0 Å². The molecule has 0 aliphatic heterocycles. The predicted octanol–water partition coefficient (Wildman–Crippen LogP) is 3.43. The number of carbonyl (C=O) groups is 1. The molecule has 156 valence electrons. The van der Waals surface area contributed by atoms with Crippen molar-refractivity contribution in [1.29, 1.82) is 0 Å². The van der Waals surface area contributed by atoms with Crippen molar-refractivity contribution < 1.29 is 9.53 Å². The fourth-order valence-corrected chi connectivity index (χ4v) is 2.98. The molecule has 1 aromatic heterocycles. The van der Waals surface area contributed by atoms with Crippen LogP contribution in [0.25, 0.3) is 11.4 Å². The quantitative estimate of drug-likeness (QED) is 0.567. The third-order valence-corrected chi connectivity index (χ3v) is 4.61. The number of aryl methyl sites for hydroxylation is 1. The highest BCUT2D eigenvalue weighted by molar-refractivity contribution is 5.76. The van der Waals surface area contributed by atoms with Gasteiger partial charge in [-0.1, -0.05) is 49.4 Å². The van der Waals surface area contributed by atoms with E-state index in [0.29, 0.717) is 23.7 Å². The maximum Gasteiger partial charge on any atom is 0.273 e. The first-order valence-corrected chi connectivity index (χ1v) is 10.1. The molecule has 1 heterocycles. The van der Waals surface area contributed by atoms with Crippen LogP contribution in [0.4, 0.5) is 0 Å². The molecule has 1 amide bonds. The van der Waals surface area contributed by atoms with Crippen molar-refractivity contribution in [2.75, 3.05) is 6.61 Å². The van der Waals surface area contributed by atoms with Crippen molar-refractivity contribution in [1.82, 2.24) is 20.5 Å². The van der Waals surface area contributed by atoms with Gasteiger partial charge in [0.15, 0.2) is 5.82 Å². The van der Waals surface area contributed by atoms with Crippen LogP contribution in [0.2, 0.25) is 0 Å². The van der Waals surface area contributed by atoms with Gasteiger partial charge in [0.1, 0.15) is 11.4 Å². The summed E-state index contributed by atoms with van der Waals surface area (Å²) in [6, 6.07) is 16.9. The molecule has 30 heavy (non-hydrogen) atoms. The molecular formula is C23H26N4O3. The Morgan fingerprint density at radius 1 is 1.13 bits per heavy atom. The van der Waals surface area contributed by atoms with Crippen molar-refractivity contribution in [3.05, 3.63) is 76.2 Å². The number of hydrogen-bond donors (Lipinski definition) is 2. The fourth-order valence-electron chi connectivity index (χ4n) is 2.98. The van der Waals surface area contributed by atoms with Gasteiger partial charge in [-0.3, -0.25) is 9.59 Å². The molecule has 3 rings (SSSR count). The average molecular weight is 406 g/mol. The predicted molar refractivity (Wildman–Crippen MR) is 115 cm³/mol. The zero-order valence-electron chi connectivity index (χ0n) is 17.2. The highest BCUT2D eigenvalue weighted by Gasteiger charge is 2.12. The highest BCUT2D eigenvalue weighted by atomic mass is 16.5. The number of rotatable bonds is 9. The minimum absolute atomic E-state index is 0.104. The number of benzene rings is 2. The van der Waals surface area contributed by atoms with Crippen LogP contribution >= 0.6 is 0 Å². The summed E-state index contributed by atoms with van der Waals surface area (Å²) in [7, 11) is 0. The van der Waals surface area contributed by atoms with Gasteiger partial charge in [-0.2, -0.15) is 0 Å². The lowest BCUT2D eigenvalue weighted by atomic mass is 10.1. The first kappa shape index (κ1) is 21.2. The molecule has 1 atom stereocenters. The molecule has 3 aromatic rings. The summed E-state index contributed by atoms with van der Waals surface area (Å²) in [6.07, 6.45) is 1.29. The molecular weight excluding hydrogens is 380 g/mol. The molecule has 0 radical (unpaired) electrons. The van der Waals surface area contributed by atoms with Gasteiger partial charge in [0.25, 0.3) is 5.56 Å². The summed E-state index contributed by atoms with van der Waals surface area (Å²) in [6.45, 7) is 4.58. The summed E-state index contributed by atoms with van der Waals surface area (Å²) < 4.78 is 5.62. The van der Waals surface area contributed by atoms with Crippen LogP contribution in [-0.2, 0) is 11.2 Å². The summed E-state index contributed by atoms with van der Waals surface area (Å²) in [5.74, 6) is 0.940. The zero-order valence-corrected chi connectivity index (χ0v) is 17.2. The molecule has 0 aliphatic rings. The Kier molecular flexibility index (Phi) is 7.32. The number of aromatic amines is 1. The molecule has 0 spiro atoms. The van der Waals surface area contributed by atoms with Gasteiger partial charge in [-0.05, 0) is 31.0 Å². The van der Waals surface area contributed by atoms with Gasteiger partial charge < -0.3 is 15.0 Å². The van der Waals surface area contributed by atoms with Crippen LogP contribution in [-0.4, -0.2) is 27.7 Å². The van der Waals surface area contributed by atoms with Crippen LogP contribution in [0.15, 0.2) is 59.4 Å². The van der Waals surface area contributed by atoms with Gasteiger partial charge in [0.2, 0.25) is 5.91 Å². The Morgan fingerprint density at radius 2 is 1.93 bits per heavy atom. The van der Waals surface area contributed by atoms with E-state index in [9.17, 15) is 9.59 Å². The largest absolute Gasteiger partial charge is 0.494 e. The number of nitrogens with zero attached hydrogens (tertiary/aromatic N) is 2. The van der Waals surface area contributed by atoms with Gasteiger partial charge in [0, 0.05) is 18.4 Å². The third kappa shape index (κ3) is 5.76. The summed E-state index contributed by atoms with van der Waals surface area (Å²) in [4.78, 5) is 27.4. The van der Waals surface area contributed by atoms with E-state index in [-0.39, 0.29) is 36.0 Å². The van der Waals surface area contributed by atoms with Gasteiger partial charge in [-0.25, -0.2) is 0 Å². The number of ether oxygens (including phenoxy) is 1. The number of amides is 1. The number of aromatic nitrogens is 3. The topological polar surface area (TPSA) is 97.0 Å². The highest BCUT2D eigenvalue weighted by Crippen LogP contribution is 2.20. The molecule has 7 nitrogen and oxygen atoms in total. The second kappa shape index (κ2) is 10.3. The Bertz CT molecular complexity index is 1030. The number of H-pyrrole nitrogens is 1. The second-order valence-electron chi connectivity index (χ2n) is 7.03. The minimum Gasteiger partial charge on any atom is -0.494 e. The molecule has 0 saturated carbocycles. The molecule has 2 N–H and O–H groups in total. The Hall–Kier alpha value is -3.48. The van der Waals surface area contributed by atoms with Crippen LogP contribution in [0.1, 0.15) is 44.0 Å². The molecule has 1 unspecified atom stereocenters. The van der Waals surface area contributed by atoms with Crippen molar-refractivity contribution >= 4 is 5.91 Å². The second-order valence-corrected chi connectivity index (χ2v) is 7.03. The SMILES string of the molecule is CCCOc1cccc(-c2nnc(CCC(=O)NC(C)c3ccccc3)c(=O)[nH]2)c1. The monoisotopic (exact) mass is 406 g/mol. The number of carbonyl (C=O) groups excluding carboxylic acids is 1. The van der Waals surface area contributed by atoms with Crippen LogP contribution in [0.3, 0.4) is 0 Å². The summed E-state index contributed by atoms with van der Waals surface area (Å²) >= 11 is 0. The molecule has 0 fully saturated rings. The Labute approximate surface area is 175 Å². The lowest BCUT2D eigenvalue weighted by Crippen LogP contribution is -2.28. The summed E-state index contributed by atoms with van der Waals surface area (Å²) in [5, 5.41) is 11.1. The molecule has 0 bridgehead atoms. The van der Waals surface area contributed by atoms with E-state index in [1.54, 1.807) is 0 Å². The van der Waals surface area contributed by atoms with Crippen LogP contribution in [0.5, 0.6) is 5.75 Å². The van der Waals surface area contributed by atoms with E-state index in [1.165, 1.54) is 0 Å². The lowest BCUT2D eigenvalue weighted by molar-refractivity contribution is -0.121. The van der Waals surface area contributed by atoms with Crippen LogP contribution < -0.4 is 15.6 Å². The van der Waals surface area contributed by atoms with Crippen LogP contribution in [0, 0.1) is 0 Å². The molecule has 2 aromatic carbocycles. The van der Waals surface area contributed by atoms with Crippen molar-refractivity contribution in [3.8, 4) is 17.1 Å². The first-order chi connectivity index (χ1) is 14.6. The lowest BCUT2D eigenvalue weighted by Gasteiger charge is -2.14. The minimum atomic E-state index is -0.344. The number of hydrogen-bond acceptors (Lipinski definition) is 5. The molecule has 0 saturated heterocycles. The molecule has 0 aliphatic carbocycles. The van der Waals surface area contributed by atoms with Gasteiger partial charge in [0.05, 0.1) is 12.6 Å².